The van der Waals surface area contributed by atoms with E-state index in [9.17, 15) is 4.79 Å². The molecule has 0 amide bonds. The molecule has 4 N–H and O–H groups in total. The van der Waals surface area contributed by atoms with Crippen LogP contribution < -0.4 is 0 Å². The third-order valence-corrected chi connectivity index (χ3v) is 1.16. The molecule has 66 valence electrons. The summed E-state index contributed by atoms with van der Waals surface area (Å²) in [6.07, 6.45) is -8.35. The van der Waals surface area contributed by atoms with E-state index < -0.39 is 31.3 Å². The molecule has 0 aromatic carbocycles. The van der Waals surface area contributed by atoms with E-state index in [0.29, 0.717) is 0 Å². The highest BCUT2D eigenvalue weighted by atomic mass is 16.4. The van der Waals surface area contributed by atoms with Crippen molar-refractivity contribution >= 4 is 6.29 Å². The van der Waals surface area contributed by atoms with Gasteiger partial charge < -0.3 is 25.2 Å². The van der Waals surface area contributed by atoms with Crippen LogP contribution in [0.25, 0.3) is 0 Å². The van der Waals surface area contributed by atoms with Gasteiger partial charge in [0.2, 0.25) is 0 Å². The quantitative estimate of drug-likeness (QED) is 0.354. The fraction of sp³-hybridized carbons (Fsp3) is 0.833. The second kappa shape index (κ2) is 4.40. The van der Waals surface area contributed by atoms with Crippen LogP contribution in [0.2, 0.25) is 0 Å². The summed E-state index contributed by atoms with van der Waals surface area (Å²) in [6, 6.07) is 0. The maximum absolute atomic E-state index is 9.98. The summed E-state index contributed by atoms with van der Waals surface area (Å²) < 4.78 is 20.1. The molecule has 0 aromatic rings. The van der Waals surface area contributed by atoms with Gasteiger partial charge >= 0.3 is 0 Å². The van der Waals surface area contributed by atoms with Crippen molar-refractivity contribution in [2.24, 2.45) is 0 Å². The molecule has 0 radical (unpaired) electrons. The molecule has 0 unspecified atom stereocenters. The molecule has 0 spiro atoms. The maximum atomic E-state index is 9.98. The molecule has 0 aliphatic carbocycles. The molecule has 0 saturated heterocycles. The Morgan fingerprint density at radius 1 is 1.27 bits per heavy atom. The number of hydrogen-bond donors (Lipinski definition) is 4. The van der Waals surface area contributed by atoms with Gasteiger partial charge in [0, 0.05) is 4.11 Å². The standard InChI is InChI=1S/C6H12O5/c1-3(8)5(10)6(11)4(9)2-7/h2-6,8-11H,1H3/t3-,4+,5+,6-/m0/s1/i1T3. The van der Waals surface area contributed by atoms with Gasteiger partial charge in [0.05, 0.1) is 6.10 Å². The zero-order valence-electron chi connectivity index (χ0n) is 8.58. The fourth-order valence-electron chi connectivity index (χ4n) is 0.469. The molecule has 0 saturated carbocycles. The van der Waals surface area contributed by atoms with Crippen LogP contribution in [0.15, 0.2) is 0 Å². The average molecular weight is 170 g/mol. The Bertz CT molecular complexity index is 194. The van der Waals surface area contributed by atoms with Gasteiger partial charge in [-0.2, -0.15) is 0 Å². The molecular formula is C6H12O5. The lowest BCUT2D eigenvalue weighted by molar-refractivity contribution is -0.132. The van der Waals surface area contributed by atoms with Crippen LogP contribution in [0.3, 0.4) is 0 Å². The first-order chi connectivity index (χ1) is 6.21. The number of carbonyl (C=O) groups is 1. The van der Waals surface area contributed by atoms with Gasteiger partial charge in [-0.05, 0) is 6.85 Å². The number of rotatable bonds is 4. The number of aldehydes is 1. The summed E-state index contributed by atoms with van der Waals surface area (Å²) in [5, 5.41) is 35.7. The first kappa shape index (κ1) is 6.07. The SMILES string of the molecule is [3H]C([3H])([3H])[C@H](O)[C@@H](O)[C@@H](O)[C@H](O)C=O. The Morgan fingerprint density at radius 2 is 1.82 bits per heavy atom. The molecule has 0 aromatic heterocycles. The molecule has 0 bridgehead atoms. The largest absolute Gasteiger partial charge is 0.391 e. The van der Waals surface area contributed by atoms with Crippen molar-refractivity contribution in [2.45, 2.75) is 31.3 Å². The summed E-state index contributed by atoms with van der Waals surface area (Å²) in [7, 11) is 0. The maximum Gasteiger partial charge on any atom is 0.151 e. The minimum absolute atomic E-state index is 0.0693. The highest BCUT2D eigenvalue weighted by Crippen LogP contribution is 2.02. The molecule has 0 aliphatic rings. The van der Waals surface area contributed by atoms with Crippen LogP contribution in [-0.4, -0.2) is 51.1 Å². The van der Waals surface area contributed by atoms with Gasteiger partial charge in [0.15, 0.2) is 6.29 Å². The van der Waals surface area contributed by atoms with Crippen LogP contribution in [0.4, 0.5) is 0 Å². The molecule has 5 nitrogen and oxygen atoms in total. The van der Waals surface area contributed by atoms with Crippen LogP contribution in [-0.2, 0) is 4.79 Å². The normalized spacial score (nSPS) is 27.1. The highest BCUT2D eigenvalue weighted by molar-refractivity contribution is 5.56. The Hall–Kier alpha value is -0.490. The van der Waals surface area contributed by atoms with E-state index in [0.717, 1.165) is 0 Å². The zero-order valence-corrected chi connectivity index (χ0v) is 5.58. The summed E-state index contributed by atoms with van der Waals surface area (Å²) in [4.78, 5) is 9.98. The third kappa shape index (κ3) is 2.94. The van der Waals surface area contributed by atoms with E-state index in [1.165, 1.54) is 0 Å². The predicted molar refractivity (Wildman–Crippen MR) is 35.8 cm³/mol. The van der Waals surface area contributed by atoms with Gasteiger partial charge in [-0.25, -0.2) is 0 Å². The molecular weight excluding hydrogens is 152 g/mol. The van der Waals surface area contributed by atoms with Crippen molar-refractivity contribution in [3.05, 3.63) is 0 Å². The van der Waals surface area contributed by atoms with Crippen molar-refractivity contribution in [3.8, 4) is 0 Å². The summed E-state index contributed by atoms with van der Waals surface area (Å²) in [6.45, 7) is -2.89. The minimum Gasteiger partial charge on any atom is -0.391 e. The van der Waals surface area contributed by atoms with Crippen molar-refractivity contribution in [2.75, 3.05) is 0 Å². The zero-order chi connectivity index (χ0) is 11.5. The predicted octanol–water partition coefficient (Wildman–Crippen LogP) is -2.35. The molecule has 5 heteroatoms. The lowest BCUT2D eigenvalue weighted by Gasteiger charge is -2.21. The Labute approximate surface area is 68.1 Å². The van der Waals surface area contributed by atoms with E-state index in [4.69, 9.17) is 24.5 Å². The summed E-state index contributed by atoms with van der Waals surface area (Å²) in [5.74, 6) is 0. The average Bonchev–Trinajstić information content (AvgIpc) is 2.11. The highest BCUT2D eigenvalue weighted by Gasteiger charge is 2.27. The Kier molecular flexibility index (Phi) is 2.43. The lowest BCUT2D eigenvalue weighted by atomic mass is 10.1. The van der Waals surface area contributed by atoms with Gasteiger partial charge in [0.25, 0.3) is 0 Å². The van der Waals surface area contributed by atoms with Crippen molar-refractivity contribution in [1.29, 1.82) is 0 Å². The van der Waals surface area contributed by atoms with Crippen molar-refractivity contribution < 1.29 is 29.3 Å². The smallest absolute Gasteiger partial charge is 0.151 e. The van der Waals surface area contributed by atoms with E-state index >= 15 is 0 Å². The van der Waals surface area contributed by atoms with Crippen LogP contribution >= 0.6 is 0 Å². The van der Waals surface area contributed by atoms with E-state index in [2.05, 4.69) is 0 Å². The van der Waals surface area contributed by atoms with Crippen molar-refractivity contribution in [3.63, 3.8) is 0 Å². The van der Waals surface area contributed by atoms with Gasteiger partial charge in [-0.3, -0.25) is 0 Å². The second-order valence-electron chi connectivity index (χ2n) is 2.05. The third-order valence-electron chi connectivity index (χ3n) is 1.16. The Balaban J connectivity index is 4.46. The van der Waals surface area contributed by atoms with Gasteiger partial charge in [-0.1, -0.05) is 0 Å². The summed E-state index contributed by atoms with van der Waals surface area (Å²) in [5.41, 5.74) is 0. The molecule has 0 rings (SSSR count). The number of aliphatic hydroxyl groups is 4. The first-order valence-electron chi connectivity index (χ1n) is 4.39. The molecule has 0 fully saturated rings. The Morgan fingerprint density at radius 3 is 2.18 bits per heavy atom. The monoisotopic (exact) mass is 170 g/mol. The molecule has 0 aliphatic heterocycles. The number of carbonyl (C=O) groups excluding carboxylic acids is 1. The fourth-order valence-corrected chi connectivity index (χ4v) is 0.469. The van der Waals surface area contributed by atoms with E-state index in [1.54, 1.807) is 0 Å². The molecule has 11 heavy (non-hydrogen) atoms. The minimum atomic E-state index is -2.89. The van der Waals surface area contributed by atoms with Gasteiger partial charge in [-0.15, -0.1) is 0 Å². The first-order valence-corrected chi connectivity index (χ1v) is 2.89. The number of hydrogen-bond acceptors (Lipinski definition) is 5. The number of aliphatic hydroxyl groups excluding tert-OH is 4. The molecule has 0 heterocycles. The topological polar surface area (TPSA) is 98.0 Å². The van der Waals surface area contributed by atoms with E-state index in [-0.39, 0.29) is 6.29 Å². The van der Waals surface area contributed by atoms with Gasteiger partial charge in [0.1, 0.15) is 18.3 Å². The molecule has 4 atom stereocenters. The van der Waals surface area contributed by atoms with Crippen LogP contribution in [0.1, 0.15) is 11.0 Å². The van der Waals surface area contributed by atoms with Crippen molar-refractivity contribution in [1.82, 2.24) is 0 Å². The second-order valence-corrected chi connectivity index (χ2v) is 2.05. The van der Waals surface area contributed by atoms with Crippen LogP contribution in [0, 0.1) is 0 Å². The van der Waals surface area contributed by atoms with E-state index in [1.807, 2.05) is 0 Å². The lowest BCUT2D eigenvalue weighted by Crippen LogP contribution is -2.43. The van der Waals surface area contributed by atoms with Crippen LogP contribution in [0.5, 0.6) is 0 Å². The summed E-state index contributed by atoms with van der Waals surface area (Å²) >= 11 is 0.